The molecule has 0 saturated carbocycles. The van der Waals surface area contributed by atoms with Crippen molar-refractivity contribution >= 4 is 23.3 Å². The Balaban J connectivity index is 2.24. The zero-order valence-electron chi connectivity index (χ0n) is 13.8. The van der Waals surface area contributed by atoms with Gasteiger partial charge in [-0.25, -0.2) is 0 Å². The van der Waals surface area contributed by atoms with E-state index in [0.717, 1.165) is 18.6 Å². The smallest absolute Gasteiger partial charge is 0.204 e. The van der Waals surface area contributed by atoms with E-state index < -0.39 is 0 Å². The van der Waals surface area contributed by atoms with Crippen molar-refractivity contribution in [1.82, 2.24) is 0 Å². The predicted octanol–water partition coefficient (Wildman–Crippen LogP) is 4.28. The first-order chi connectivity index (χ1) is 11.1. The zero-order valence-corrected chi connectivity index (χ0v) is 14.6. The Labute approximate surface area is 141 Å². The number of hydrogen-bond donors (Lipinski definition) is 0. The van der Waals surface area contributed by atoms with Crippen LogP contribution in [0.5, 0.6) is 11.5 Å². The maximum atomic E-state index is 12.8. The van der Waals surface area contributed by atoms with Crippen molar-refractivity contribution in [1.29, 1.82) is 0 Å². The van der Waals surface area contributed by atoms with E-state index in [1.54, 1.807) is 12.1 Å². The van der Waals surface area contributed by atoms with Crippen molar-refractivity contribution in [2.24, 2.45) is 0 Å². The number of benzene rings is 1. The molecule has 0 fully saturated rings. The summed E-state index contributed by atoms with van der Waals surface area (Å²) < 4.78 is 10.5. The minimum atomic E-state index is -0.202. The monoisotopic (exact) mass is 334 g/mol. The molecule has 1 aromatic carbocycles. The van der Waals surface area contributed by atoms with Crippen LogP contribution in [0.2, 0.25) is 0 Å². The van der Waals surface area contributed by atoms with E-state index in [2.05, 4.69) is 6.92 Å². The number of allylic oxidation sites excluding steroid dienone is 2. The number of Topliss-reactive ketones (excluding diaryl/α,β-unsaturated/α-hetero) is 1. The lowest BCUT2D eigenvalue weighted by molar-refractivity contribution is 0.0986. The highest BCUT2D eigenvalue weighted by Gasteiger charge is 2.31. The largest absolute Gasteiger partial charge is 0.496 e. The molecule has 1 aromatic rings. The number of methoxy groups -OCH3 is 2. The van der Waals surface area contributed by atoms with Gasteiger partial charge in [-0.1, -0.05) is 26.2 Å². The second-order valence-electron chi connectivity index (χ2n) is 5.33. The second kappa shape index (κ2) is 8.20. The quantitative estimate of drug-likeness (QED) is 0.664. The van der Waals surface area contributed by atoms with Crippen LogP contribution in [-0.4, -0.2) is 31.5 Å². The van der Waals surface area contributed by atoms with Gasteiger partial charge in [0.2, 0.25) is 5.78 Å². The maximum Gasteiger partial charge on any atom is 0.204 e. The van der Waals surface area contributed by atoms with Gasteiger partial charge in [-0.2, -0.15) is 0 Å². The first-order valence-corrected chi connectivity index (χ1v) is 8.81. The Hall–Kier alpha value is -1.75. The highest BCUT2D eigenvalue weighted by molar-refractivity contribution is 8.04. The molecule has 5 heteroatoms. The lowest BCUT2D eigenvalue weighted by atomic mass is 9.93. The molecule has 1 aliphatic rings. The molecule has 23 heavy (non-hydrogen) atoms. The Morgan fingerprint density at radius 2 is 1.61 bits per heavy atom. The number of hydrogen-bond acceptors (Lipinski definition) is 5. The van der Waals surface area contributed by atoms with Gasteiger partial charge in [-0.15, -0.1) is 11.8 Å². The van der Waals surface area contributed by atoms with Crippen LogP contribution in [0.4, 0.5) is 0 Å². The molecule has 0 radical (unpaired) electrons. The predicted molar refractivity (Wildman–Crippen MR) is 92.9 cm³/mol. The molecule has 0 bridgehead atoms. The number of carbonyl (C=O) groups is 2. The molecule has 0 N–H and O–H groups in total. The van der Waals surface area contributed by atoms with Crippen LogP contribution in [0.15, 0.2) is 23.1 Å². The number of ketones is 2. The first-order valence-electron chi connectivity index (χ1n) is 7.82. The fourth-order valence-corrected chi connectivity index (χ4v) is 3.56. The Morgan fingerprint density at radius 3 is 2.22 bits per heavy atom. The fraction of sp³-hybridized carbons (Fsp3) is 0.444. The summed E-state index contributed by atoms with van der Waals surface area (Å²) in [5.41, 5.74) is 0.614. The van der Waals surface area contributed by atoms with Crippen LogP contribution >= 0.6 is 11.8 Å². The van der Waals surface area contributed by atoms with Gasteiger partial charge in [0.1, 0.15) is 11.5 Å². The van der Waals surface area contributed by atoms with Crippen molar-refractivity contribution in [3.8, 4) is 11.5 Å². The van der Waals surface area contributed by atoms with Crippen molar-refractivity contribution in [3.63, 3.8) is 0 Å². The lowest BCUT2D eigenvalue weighted by Crippen LogP contribution is -2.18. The summed E-state index contributed by atoms with van der Waals surface area (Å²) in [5.74, 6) is 1.30. The standard InChI is InChI=1S/C18H22O4S/c1-4-5-6-7-10-23-15-11-12(19)16-13(21-2)8-9-14(22-3)17(16)18(15)20/h8-9,11H,4-7,10H2,1-3H3. The summed E-state index contributed by atoms with van der Waals surface area (Å²) in [6, 6.07) is 3.32. The number of ether oxygens (including phenoxy) is 2. The van der Waals surface area contributed by atoms with E-state index in [1.807, 2.05) is 0 Å². The molecule has 124 valence electrons. The summed E-state index contributed by atoms with van der Waals surface area (Å²) in [6.07, 6.45) is 5.98. The van der Waals surface area contributed by atoms with Crippen LogP contribution in [-0.2, 0) is 0 Å². The van der Waals surface area contributed by atoms with Gasteiger partial charge in [0.15, 0.2) is 5.78 Å². The SMILES string of the molecule is CCCCCCSC1=CC(=O)c2c(OC)ccc(OC)c2C1=O. The third-order valence-electron chi connectivity index (χ3n) is 3.78. The third-order valence-corrected chi connectivity index (χ3v) is 4.89. The molecule has 1 aliphatic carbocycles. The van der Waals surface area contributed by atoms with Gasteiger partial charge in [-0.3, -0.25) is 9.59 Å². The summed E-state index contributed by atoms with van der Waals surface area (Å²) in [5, 5.41) is 0. The first kappa shape index (κ1) is 17.6. The molecule has 0 heterocycles. The van der Waals surface area contributed by atoms with Crippen LogP contribution in [0.3, 0.4) is 0 Å². The molecular weight excluding hydrogens is 312 g/mol. The van der Waals surface area contributed by atoms with Crippen molar-refractivity contribution in [3.05, 3.63) is 34.2 Å². The normalized spacial score (nSPS) is 13.6. The van der Waals surface area contributed by atoms with E-state index in [9.17, 15) is 9.59 Å². The Morgan fingerprint density at radius 1 is 0.957 bits per heavy atom. The van der Waals surface area contributed by atoms with Gasteiger partial charge < -0.3 is 9.47 Å². The lowest BCUT2D eigenvalue weighted by Gasteiger charge is -2.19. The summed E-state index contributed by atoms with van der Waals surface area (Å²) in [4.78, 5) is 25.7. The summed E-state index contributed by atoms with van der Waals surface area (Å²) in [6.45, 7) is 2.16. The summed E-state index contributed by atoms with van der Waals surface area (Å²) in [7, 11) is 2.98. The van der Waals surface area contributed by atoms with Gasteiger partial charge in [0.25, 0.3) is 0 Å². The Bertz CT molecular complexity index is 634. The molecule has 0 unspecified atom stereocenters. The number of carbonyl (C=O) groups excluding carboxylic acids is 2. The van der Waals surface area contributed by atoms with Gasteiger partial charge in [-0.05, 0) is 24.3 Å². The van der Waals surface area contributed by atoms with E-state index in [-0.39, 0.29) is 11.6 Å². The molecular formula is C18H22O4S. The van der Waals surface area contributed by atoms with Gasteiger partial charge in [0.05, 0.1) is 30.3 Å². The van der Waals surface area contributed by atoms with Crippen molar-refractivity contribution < 1.29 is 19.1 Å². The van der Waals surface area contributed by atoms with E-state index in [0.29, 0.717) is 27.5 Å². The molecule has 0 atom stereocenters. The topological polar surface area (TPSA) is 52.6 Å². The highest BCUT2D eigenvalue weighted by Crippen LogP contribution is 2.38. The van der Waals surface area contributed by atoms with Crippen LogP contribution in [0.1, 0.15) is 53.3 Å². The van der Waals surface area contributed by atoms with Crippen molar-refractivity contribution in [2.45, 2.75) is 32.6 Å². The van der Waals surface area contributed by atoms with E-state index >= 15 is 0 Å². The van der Waals surface area contributed by atoms with Gasteiger partial charge >= 0.3 is 0 Å². The Kier molecular flexibility index (Phi) is 6.28. The fourth-order valence-electron chi connectivity index (χ4n) is 2.57. The number of thioether (sulfide) groups is 1. The molecule has 0 saturated heterocycles. The van der Waals surface area contributed by atoms with Crippen LogP contribution < -0.4 is 9.47 Å². The number of rotatable bonds is 8. The molecule has 0 spiro atoms. The van der Waals surface area contributed by atoms with Gasteiger partial charge in [0, 0.05) is 6.08 Å². The van der Waals surface area contributed by atoms with E-state index in [1.165, 1.54) is 44.9 Å². The second-order valence-corrected chi connectivity index (χ2v) is 6.47. The zero-order chi connectivity index (χ0) is 16.8. The molecule has 0 aromatic heterocycles. The van der Waals surface area contributed by atoms with E-state index in [4.69, 9.17) is 9.47 Å². The highest BCUT2D eigenvalue weighted by atomic mass is 32.2. The number of fused-ring (bicyclic) bond motifs is 1. The van der Waals surface area contributed by atoms with Crippen LogP contribution in [0.25, 0.3) is 0 Å². The number of unbranched alkanes of at least 4 members (excludes halogenated alkanes) is 3. The molecule has 0 amide bonds. The minimum absolute atomic E-state index is 0.157. The van der Waals surface area contributed by atoms with Crippen LogP contribution in [0, 0.1) is 0 Å². The maximum absolute atomic E-state index is 12.8. The minimum Gasteiger partial charge on any atom is -0.496 e. The summed E-state index contributed by atoms with van der Waals surface area (Å²) >= 11 is 1.45. The average Bonchev–Trinajstić information content (AvgIpc) is 2.57. The molecule has 4 nitrogen and oxygen atoms in total. The average molecular weight is 334 g/mol. The molecule has 2 rings (SSSR count). The van der Waals surface area contributed by atoms with Crippen molar-refractivity contribution in [2.75, 3.05) is 20.0 Å². The third kappa shape index (κ3) is 3.78. The molecule has 0 aliphatic heterocycles.